The molecule has 4 aliphatic carbocycles. The van der Waals surface area contributed by atoms with Gasteiger partial charge >= 0.3 is 5.97 Å². The number of carbonyl (C=O) groups excluding carboxylic acids is 1. The van der Waals surface area contributed by atoms with Crippen molar-refractivity contribution in [2.75, 3.05) is 0 Å². The van der Waals surface area contributed by atoms with Crippen LogP contribution >= 0.6 is 0 Å². The van der Waals surface area contributed by atoms with Crippen molar-refractivity contribution in [2.24, 2.45) is 51.2 Å². The third kappa shape index (κ3) is 2.75. The first-order valence-electron chi connectivity index (χ1n) is 14.5. The number of carbonyl (C=O) groups is 1. The highest BCUT2D eigenvalue weighted by Gasteiger charge is 2.70. The van der Waals surface area contributed by atoms with Gasteiger partial charge in [0.25, 0.3) is 0 Å². The molecule has 2 saturated heterocycles. The normalized spacial score (nSPS) is 56.8. The van der Waals surface area contributed by atoms with Crippen molar-refractivity contribution in [1.82, 2.24) is 0 Å². The third-order valence-corrected chi connectivity index (χ3v) is 13.6. The Labute approximate surface area is 212 Å². The summed E-state index contributed by atoms with van der Waals surface area (Å²) in [5, 5.41) is 11.0. The minimum atomic E-state index is -0.788. The first kappa shape index (κ1) is 24.5. The number of allylic oxidation sites excluding steroid dienone is 1. The monoisotopic (exact) mass is 484 g/mol. The summed E-state index contributed by atoms with van der Waals surface area (Å²) in [6, 6.07) is 0. The van der Waals surface area contributed by atoms with Crippen LogP contribution in [0.2, 0.25) is 0 Å². The number of esters is 1. The summed E-state index contributed by atoms with van der Waals surface area (Å²) in [5.41, 5.74) is 3.60. The summed E-state index contributed by atoms with van der Waals surface area (Å²) >= 11 is 0. The van der Waals surface area contributed by atoms with E-state index in [0.717, 1.165) is 25.7 Å². The summed E-state index contributed by atoms with van der Waals surface area (Å²) in [6.45, 7) is 18.8. The van der Waals surface area contributed by atoms with Gasteiger partial charge in [-0.05, 0) is 78.9 Å². The first-order valence-corrected chi connectivity index (χ1v) is 14.5. The minimum Gasteiger partial charge on any atom is -0.432 e. The van der Waals surface area contributed by atoms with Gasteiger partial charge in [-0.2, -0.15) is 0 Å². The van der Waals surface area contributed by atoms with Crippen molar-refractivity contribution in [2.45, 2.75) is 125 Å². The predicted octanol–water partition coefficient (Wildman–Crippen LogP) is 6.66. The van der Waals surface area contributed by atoms with Gasteiger partial charge in [0.2, 0.25) is 5.79 Å². The molecule has 1 spiro atoms. The van der Waals surface area contributed by atoms with E-state index in [4.69, 9.17) is 9.47 Å². The molecule has 0 aromatic heterocycles. The Balaban J connectivity index is 1.49. The van der Waals surface area contributed by atoms with Gasteiger partial charge in [0.05, 0.1) is 18.1 Å². The highest BCUT2D eigenvalue weighted by molar-refractivity contribution is 5.75. The van der Waals surface area contributed by atoms with E-state index in [2.05, 4.69) is 48.5 Å². The highest BCUT2D eigenvalue weighted by atomic mass is 16.7. The largest absolute Gasteiger partial charge is 0.432 e. The maximum absolute atomic E-state index is 12.8. The topological polar surface area (TPSA) is 55.8 Å². The molecule has 1 N–H and O–H groups in total. The van der Waals surface area contributed by atoms with Crippen LogP contribution in [-0.4, -0.2) is 29.1 Å². The van der Waals surface area contributed by atoms with Crippen LogP contribution < -0.4 is 0 Å². The second-order valence-electron chi connectivity index (χ2n) is 14.9. The Morgan fingerprint density at radius 3 is 2.31 bits per heavy atom. The second-order valence-corrected chi connectivity index (χ2v) is 14.9. The third-order valence-electron chi connectivity index (χ3n) is 13.6. The molecule has 0 bridgehead atoms. The Kier molecular flexibility index (Phi) is 5.00. The van der Waals surface area contributed by atoms with Crippen molar-refractivity contribution < 1.29 is 19.4 Å². The summed E-state index contributed by atoms with van der Waals surface area (Å²) in [6.07, 6.45) is 8.40. The number of aliphatic hydroxyl groups is 1. The maximum atomic E-state index is 12.8. The lowest BCUT2D eigenvalue weighted by Gasteiger charge is -2.63. The van der Waals surface area contributed by atoms with Gasteiger partial charge in [0.15, 0.2) is 0 Å². The molecule has 4 heteroatoms. The minimum absolute atomic E-state index is 0.0552. The van der Waals surface area contributed by atoms with Crippen molar-refractivity contribution in [3.8, 4) is 0 Å². The standard InChI is InChI=1S/C31H48O4/c1-17-16-31(19(3)18(2)26(33)35-31)34-25-15-22-21(29(7)14-11-20(17)30(25,29)8)9-10-23-27(4,5)24(32)12-13-28(22,23)6/h17-20,23-25,32H,9-16H2,1-8H3/t17-,18+,19+,20-,23-,24-,25-,28-,29+,30+,31+/m1/s1. The van der Waals surface area contributed by atoms with Crippen molar-refractivity contribution in [3.05, 3.63) is 11.1 Å². The number of hydrogen-bond donors (Lipinski definition) is 1. The molecule has 35 heavy (non-hydrogen) atoms. The molecule has 0 aromatic carbocycles. The number of fused-ring (bicyclic) bond motifs is 3. The van der Waals surface area contributed by atoms with E-state index in [9.17, 15) is 9.90 Å². The van der Waals surface area contributed by atoms with Crippen LogP contribution in [-0.2, 0) is 14.3 Å². The van der Waals surface area contributed by atoms with E-state index in [1.807, 2.05) is 6.92 Å². The van der Waals surface area contributed by atoms with Gasteiger partial charge < -0.3 is 14.6 Å². The van der Waals surface area contributed by atoms with Crippen LogP contribution in [0.1, 0.15) is 107 Å². The Morgan fingerprint density at radius 2 is 1.66 bits per heavy atom. The van der Waals surface area contributed by atoms with Crippen molar-refractivity contribution in [3.63, 3.8) is 0 Å². The smallest absolute Gasteiger partial charge is 0.311 e. The van der Waals surface area contributed by atoms with Gasteiger partial charge in [-0.25, -0.2) is 0 Å². The molecule has 6 aliphatic rings. The quantitative estimate of drug-likeness (QED) is 0.309. The zero-order valence-electron chi connectivity index (χ0n) is 23.4. The summed E-state index contributed by atoms with van der Waals surface area (Å²) < 4.78 is 13.5. The number of rotatable bonds is 0. The van der Waals surface area contributed by atoms with Crippen LogP contribution in [0.4, 0.5) is 0 Å². The summed E-state index contributed by atoms with van der Waals surface area (Å²) in [7, 11) is 0. The predicted molar refractivity (Wildman–Crippen MR) is 136 cm³/mol. The maximum Gasteiger partial charge on any atom is 0.311 e. The van der Waals surface area contributed by atoms with Crippen LogP contribution in [0.15, 0.2) is 11.1 Å². The van der Waals surface area contributed by atoms with Gasteiger partial charge in [0.1, 0.15) is 0 Å². The SMILES string of the molecule is C[C@@H]1C[C@@]2(OC(=O)[C@@H](C)[C@@H]2C)O[C@@H]2CC3=C(CC[C@@H]4C(C)(C)[C@H](O)CC[C@]34C)[C@]3(C)CC[C@H]1[C@@]23C. The molecule has 6 rings (SSSR count). The Bertz CT molecular complexity index is 982. The molecule has 2 aliphatic heterocycles. The lowest BCUT2D eigenvalue weighted by atomic mass is 9.43. The molecule has 196 valence electrons. The zero-order valence-corrected chi connectivity index (χ0v) is 23.4. The van der Waals surface area contributed by atoms with Crippen LogP contribution in [0.5, 0.6) is 0 Å². The van der Waals surface area contributed by atoms with Gasteiger partial charge in [-0.1, -0.05) is 66.5 Å². The molecular weight excluding hydrogens is 436 g/mol. The fraction of sp³-hybridized carbons (Fsp3) is 0.903. The van der Waals surface area contributed by atoms with Gasteiger partial charge in [-0.15, -0.1) is 0 Å². The first-order chi connectivity index (χ1) is 16.2. The number of hydrogen-bond acceptors (Lipinski definition) is 4. The number of ether oxygens (including phenoxy) is 2. The molecule has 0 unspecified atom stereocenters. The molecule has 11 atom stereocenters. The lowest BCUT2D eigenvalue weighted by Crippen LogP contribution is -2.59. The van der Waals surface area contributed by atoms with Crippen LogP contribution in [0.3, 0.4) is 0 Å². The molecule has 0 radical (unpaired) electrons. The lowest BCUT2D eigenvalue weighted by molar-refractivity contribution is -0.269. The average molecular weight is 485 g/mol. The van der Waals surface area contributed by atoms with E-state index in [1.54, 1.807) is 11.1 Å². The fourth-order valence-corrected chi connectivity index (χ4v) is 10.9. The van der Waals surface area contributed by atoms with Gasteiger partial charge in [-0.3, -0.25) is 4.79 Å². The zero-order chi connectivity index (χ0) is 25.3. The summed E-state index contributed by atoms with van der Waals surface area (Å²) in [4.78, 5) is 12.8. The van der Waals surface area contributed by atoms with Crippen LogP contribution in [0.25, 0.3) is 0 Å². The van der Waals surface area contributed by atoms with E-state index in [1.165, 1.54) is 25.7 Å². The number of aliphatic hydroxyl groups excluding tert-OH is 1. The second kappa shape index (κ2) is 7.16. The van der Waals surface area contributed by atoms with E-state index in [-0.39, 0.29) is 51.7 Å². The Morgan fingerprint density at radius 1 is 0.943 bits per heavy atom. The molecule has 2 saturated carbocycles. The fourth-order valence-electron chi connectivity index (χ4n) is 10.9. The molecule has 2 heterocycles. The molecular formula is C31H48O4. The average Bonchev–Trinajstić information content (AvgIpc) is 3.14. The molecule has 4 fully saturated rings. The van der Waals surface area contributed by atoms with E-state index in [0.29, 0.717) is 17.8 Å². The highest BCUT2D eigenvalue weighted by Crippen LogP contribution is 2.74. The van der Waals surface area contributed by atoms with Crippen LogP contribution in [0, 0.1) is 51.2 Å². The van der Waals surface area contributed by atoms with Crippen molar-refractivity contribution in [1.29, 1.82) is 0 Å². The van der Waals surface area contributed by atoms with Gasteiger partial charge in [0, 0.05) is 17.8 Å². The summed E-state index contributed by atoms with van der Waals surface area (Å²) in [5.74, 6) is 0.616. The molecule has 4 nitrogen and oxygen atoms in total. The van der Waals surface area contributed by atoms with E-state index < -0.39 is 5.79 Å². The Hall–Kier alpha value is -0.870. The molecule has 0 amide bonds. The molecule has 0 aromatic rings. The van der Waals surface area contributed by atoms with E-state index >= 15 is 0 Å². The van der Waals surface area contributed by atoms with Crippen molar-refractivity contribution >= 4 is 5.97 Å².